The zero-order valence-electron chi connectivity index (χ0n) is 16.8. The highest BCUT2D eigenvalue weighted by Gasteiger charge is 2.20. The molecule has 0 spiro atoms. The largest absolute Gasteiger partial charge is 0.497 e. The lowest BCUT2D eigenvalue weighted by atomic mass is 10.1. The molecule has 5 heteroatoms. The Labute approximate surface area is 173 Å². The third-order valence-corrected chi connectivity index (χ3v) is 5.49. The predicted molar refractivity (Wildman–Crippen MR) is 121 cm³/mol. The van der Waals surface area contributed by atoms with Gasteiger partial charge in [0.1, 0.15) is 17.3 Å². The van der Waals surface area contributed by atoms with Gasteiger partial charge in [0.15, 0.2) is 0 Å². The molecule has 29 heavy (non-hydrogen) atoms. The maximum atomic E-state index is 5.45. The summed E-state index contributed by atoms with van der Waals surface area (Å²) in [6.07, 6.45) is 0. The van der Waals surface area contributed by atoms with Gasteiger partial charge in [0.25, 0.3) is 0 Å². The molecule has 0 amide bonds. The van der Waals surface area contributed by atoms with E-state index in [0.717, 1.165) is 61.3 Å². The Balaban J connectivity index is 0.00000240. The smallest absolute Gasteiger partial charge is 0.137 e. The lowest BCUT2D eigenvalue weighted by molar-refractivity contribution is 0.271. The molecular weight excluding hydrogens is 362 g/mol. The Morgan fingerprint density at radius 3 is 2.17 bits per heavy atom. The fraction of sp³-hybridized carbons (Fsp3) is 0.375. The molecule has 0 aliphatic carbocycles. The summed E-state index contributed by atoms with van der Waals surface area (Å²) in [5.74, 6) is 2.59. The minimum absolute atomic E-state index is 0. The van der Waals surface area contributed by atoms with Crippen LogP contribution < -0.4 is 14.4 Å². The highest BCUT2D eigenvalue weighted by Crippen LogP contribution is 2.34. The predicted octanol–water partition coefficient (Wildman–Crippen LogP) is 4.70. The standard InChI is InChI=1S/C23H27N3O2.CH4/c1-4-25-9-11-26(12-10-25)23-21-8-6-5-7-17(21)15-22(24-23)18-13-19(27-2)16-20(14-18)28-3;/h5-8,13-16H,4,9-12H2,1-3H3;1H4. The van der Waals surface area contributed by atoms with E-state index in [1.54, 1.807) is 14.2 Å². The average molecular weight is 394 g/mol. The van der Waals surface area contributed by atoms with E-state index in [1.165, 1.54) is 10.8 Å². The molecule has 3 aromatic rings. The highest BCUT2D eigenvalue weighted by atomic mass is 16.5. The second-order valence-corrected chi connectivity index (χ2v) is 7.07. The molecule has 2 aromatic carbocycles. The van der Waals surface area contributed by atoms with Crippen LogP contribution in [0.1, 0.15) is 14.4 Å². The summed E-state index contributed by atoms with van der Waals surface area (Å²) < 4.78 is 10.9. The summed E-state index contributed by atoms with van der Waals surface area (Å²) in [6, 6.07) is 16.5. The van der Waals surface area contributed by atoms with Gasteiger partial charge in [0.05, 0.1) is 19.9 Å². The van der Waals surface area contributed by atoms with Gasteiger partial charge in [-0.25, -0.2) is 4.98 Å². The summed E-state index contributed by atoms with van der Waals surface area (Å²) >= 11 is 0. The average Bonchev–Trinajstić information content (AvgIpc) is 2.78. The lowest BCUT2D eigenvalue weighted by Crippen LogP contribution is -2.46. The first-order valence-electron chi connectivity index (χ1n) is 9.82. The summed E-state index contributed by atoms with van der Waals surface area (Å²) in [5.41, 5.74) is 1.93. The number of ether oxygens (including phenoxy) is 2. The number of nitrogens with zero attached hydrogens (tertiary/aromatic N) is 3. The molecule has 0 N–H and O–H groups in total. The van der Waals surface area contributed by atoms with Gasteiger partial charge >= 0.3 is 0 Å². The van der Waals surface area contributed by atoms with Gasteiger partial charge in [0, 0.05) is 43.2 Å². The van der Waals surface area contributed by atoms with Gasteiger partial charge in [-0.15, -0.1) is 0 Å². The van der Waals surface area contributed by atoms with Crippen LogP contribution in [0.4, 0.5) is 5.82 Å². The number of anilines is 1. The number of hydrogen-bond donors (Lipinski definition) is 0. The van der Waals surface area contributed by atoms with Crippen LogP contribution in [-0.4, -0.2) is 56.8 Å². The van der Waals surface area contributed by atoms with Gasteiger partial charge in [0.2, 0.25) is 0 Å². The van der Waals surface area contributed by atoms with Crippen molar-refractivity contribution in [2.45, 2.75) is 14.4 Å². The topological polar surface area (TPSA) is 37.8 Å². The number of hydrogen-bond acceptors (Lipinski definition) is 5. The number of piperazine rings is 1. The number of rotatable bonds is 5. The first-order chi connectivity index (χ1) is 13.7. The lowest BCUT2D eigenvalue weighted by Gasteiger charge is -2.35. The zero-order chi connectivity index (χ0) is 19.5. The fourth-order valence-electron chi connectivity index (χ4n) is 3.80. The van der Waals surface area contributed by atoms with Crippen LogP contribution in [0.2, 0.25) is 0 Å². The van der Waals surface area contributed by atoms with Crippen LogP contribution in [0.3, 0.4) is 0 Å². The molecule has 0 saturated carbocycles. The van der Waals surface area contributed by atoms with Crippen LogP contribution in [0.15, 0.2) is 48.5 Å². The highest BCUT2D eigenvalue weighted by molar-refractivity contribution is 5.95. The van der Waals surface area contributed by atoms with E-state index in [9.17, 15) is 0 Å². The van der Waals surface area contributed by atoms with Crippen molar-refractivity contribution in [1.29, 1.82) is 0 Å². The maximum Gasteiger partial charge on any atom is 0.137 e. The molecule has 5 nitrogen and oxygen atoms in total. The minimum Gasteiger partial charge on any atom is -0.497 e. The Hall–Kier alpha value is -2.79. The SMILES string of the molecule is C.CCN1CCN(c2nc(-c3cc(OC)cc(OC)c3)cc3ccccc23)CC1. The van der Waals surface area contributed by atoms with Crippen molar-refractivity contribution in [3.63, 3.8) is 0 Å². The third kappa shape index (κ3) is 4.30. The quantitative estimate of drug-likeness (QED) is 0.628. The van der Waals surface area contributed by atoms with E-state index >= 15 is 0 Å². The van der Waals surface area contributed by atoms with Gasteiger partial charge in [-0.1, -0.05) is 38.6 Å². The Morgan fingerprint density at radius 2 is 1.55 bits per heavy atom. The Morgan fingerprint density at radius 1 is 0.897 bits per heavy atom. The Kier molecular flexibility index (Phi) is 6.60. The number of pyridine rings is 1. The van der Waals surface area contributed by atoms with Crippen molar-refractivity contribution >= 4 is 16.6 Å². The summed E-state index contributed by atoms with van der Waals surface area (Å²) in [4.78, 5) is 9.99. The molecule has 4 rings (SSSR count). The van der Waals surface area contributed by atoms with Gasteiger partial charge in [-0.3, -0.25) is 0 Å². The molecule has 0 unspecified atom stereocenters. The molecule has 0 bridgehead atoms. The molecule has 1 aromatic heterocycles. The monoisotopic (exact) mass is 393 g/mol. The molecule has 1 aliphatic heterocycles. The van der Waals surface area contributed by atoms with Gasteiger partial charge in [-0.05, 0) is 30.1 Å². The number of likely N-dealkylation sites (N-methyl/N-ethyl adjacent to an activating group) is 1. The second kappa shape index (κ2) is 9.14. The number of fused-ring (bicyclic) bond motifs is 1. The molecular formula is C24H31N3O2. The summed E-state index contributed by atoms with van der Waals surface area (Å²) in [6.45, 7) is 7.46. The van der Waals surface area contributed by atoms with Crippen molar-refractivity contribution < 1.29 is 9.47 Å². The van der Waals surface area contributed by atoms with Crippen molar-refractivity contribution in [3.05, 3.63) is 48.5 Å². The van der Waals surface area contributed by atoms with Crippen molar-refractivity contribution in [3.8, 4) is 22.8 Å². The van der Waals surface area contributed by atoms with Gasteiger partial charge in [-0.2, -0.15) is 0 Å². The van der Waals surface area contributed by atoms with E-state index in [-0.39, 0.29) is 7.43 Å². The Bertz CT molecular complexity index is 943. The third-order valence-electron chi connectivity index (χ3n) is 5.49. The molecule has 1 fully saturated rings. The zero-order valence-corrected chi connectivity index (χ0v) is 16.8. The van der Waals surface area contributed by atoms with Crippen LogP contribution in [0, 0.1) is 0 Å². The molecule has 2 heterocycles. The van der Waals surface area contributed by atoms with Crippen LogP contribution >= 0.6 is 0 Å². The molecule has 154 valence electrons. The molecule has 1 aliphatic rings. The first-order valence-corrected chi connectivity index (χ1v) is 9.82. The molecule has 1 saturated heterocycles. The van der Waals surface area contributed by atoms with Crippen LogP contribution in [0.5, 0.6) is 11.5 Å². The number of methoxy groups -OCH3 is 2. The number of aromatic nitrogens is 1. The van der Waals surface area contributed by atoms with E-state index < -0.39 is 0 Å². The van der Waals surface area contributed by atoms with E-state index in [1.807, 2.05) is 18.2 Å². The van der Waals surface area contributed by atoms with E-state index in [2.05, 4.69) is 47.1 Å². The van der Waals surface area contributed by atoms with Crippen LogP contribution in [0.25, 0.3) is 22.0 Å². The van der Waals surface area contributed by atoms with Gasteiger partial charge < -0.3 is 19.3 Å². The maximum absolute atomic E-state index is 5.45. The van der Waals surface area contributed by atoms with Crippen molar-refractivity contribution in [2.24, 2.45) is 0 Å². The van der Waals surface area contributed by atoms with Crippen molar-refractivity contribution in [2.75, 3.05) is 51.8 Å². The summed E-state index contributed by atoms with van der Waals surface area (Å²) in [5, 5.41) is 2.40. The fourth-order valence-corrected chi connectivity index (χ4v) is 3.80. The first kappa shape index (κ1) is 20.9. The normalized spacial score (nSPS) is 14.5. The van der Waals surface area contributed by atoms with Crippen molar-refractivity contribution in [1.82, 2.24) is 9.88 Å². The molecule has 0 radical (unpaired) electrons. The van der Waals surface area contributed by atoms with E-state index in [4.69, 9.17) is 14.5 Å². The minimum atomic E-state index is 0. The van der Waals surface area contributed by atoms with E-state index in [0.29, 0.717) is 0 Å². The summed E-state index contributed by atoms with van der Waals surface area (Å²) in [7, 11) is 3.34. The van der Waals surface area contributed by atoms with Crippen LogP contribution in [-0.2, 0) is 0 Å². The second-order valence-electron chi connectivity index (χ2n) is 7.07. The molecule has 0 atom stereocenters. The number of benzene rings is 2.